The molecule has 12 heteroatoms. The van der Waals surface area contributed by atoms with Crippen molar-refractivity contribution in [2.45, 2.75) is 0 Å². The van der Waals surface area contributed by atoms with Crippen LogP contribution in [-0.2, 0) is 32.9 Å². The number of ether oxygens (including phenoxy) is 2. The van der Waals surface area contributed by atoms with Gasteiger partial charge in [0.1, 0.15) is 22.9 Å². The van der Waals surface area contributed by atoms with Gasteiger partial charge in [0.15, 0.2) is 0 Å². The van der Waals surface area contributed by atoms with Crippen LogP contribution in [0.5, 0.6) is 11.5 Å². The van der Waals surface area contributed by atoms with Gasteiger partial charge >= 0.3 is 0 Å². The zero-order valence-corrected chi connectivity index (χ0v) is 28.5. The van der Waals surface area contributed by atoms with Gasteiger partial charge in [-0.1, -0.05) is 93.7 Å². The third-order valence-corrected chi connectivity index (χ3v) is 18.4. The number of rotatable bonds is 13. The van der Waals surface area contributed by atoms with Gasteiger partial charge in [-0.3, -0.25) is 0 Å². The Morgan fingerprint density at radius 3 is 1.17 bits per heavy atom. The molecule has 0 bridgehead atoms. The molecule has 0 aliphatic rings. The second-order valence-corrected chi connectivity index (χ2v) is 22.4. The normalized spacial score (nSPS) is 14.8. The predicted molar refractivity (Wildman–Crippen MR) is 189 cm³/mol. The summed E-state index contributed by atoms with van der Waals surface area (Å²) in [6.45, 7) is 0. The maximum atomic E-state index is 6.29. The number of hydrogen-bond acceptors (Lipinski definition) is 10. The monoisotopic (exact) mass is 672 g/mol. The van der Waals surface area contributed by atoms with Crippen LogP contribution in [0.1, 0.15) is 11.1 Å². The molecule has 0 heterocycles. The minimum atomic E-state index is -2.62. The lowest BCUT2D eigenvalue weighted by Gasteiger charge is -2.20. The SMILES string of the molecule is COc1ccc(P(=S)(O/N=C(\C(=N\OP(=S)(SC)c2ccc(OC)cc2)c2ccccc2)c2ccccc2)SC)cc1. The minimum absolute atomic E-state index is 0.482. The van der Waals surface area contributed by atoms with E-state index < -0.39 is 10.9 Å². The van der Waals surface area contributed by atoms with Crippen LogP contribution >= 0.6 is 33.7 Å². The van der Waals surface area contributed by atoms with Crippen LogP contribution in [0.25, 0.3) is 0 Å². The first kappa shape index (κ1) is 32.3. The Kier molecular flexibility index (Phi) is 11.7. The molecule has 0 fully saturated rings. The first-order valence-electron chi connectivity index (χ1n) is 12.6. The summed E-state index contributed by atoms with van der Waals surface area (Å²) in [6.07, 6.45) is 3.86. The van der Waals surface area contributed by atoms with Gasteiger partial charge in [-0.15, -0.1) is 0 Å². The first-order valence-corrected chi connectivity index (χ1v) is 21.7. The fourth-order valence-electron chi connectivity index (χ4n) is 3.75. The van der Waals surface area contributed by atoms with Gasteiger partial charge in [0.25, 0.3) is 0 Å². The summed E-state index contributed by atoms with van der Waals surface area (Å²) in [4.78, 5) is 0. The molecule has 4 aromatic carbocycles. The highest BCUT2D eigenvalue weighted by atomic mass is 32.9. The first-order chi connectivity index (χ1) is 20.4. The van der Waals surface area contributed by atoms with Crippen molar-refractivity contribution in [1.82, 2.24) is 0 Å². The minimum Gasteiger partial charge on any atom is -0.497 e. The van der Waals surface area contributed by atoms with E-state index in [1.807, 2.05) is 122 Å². The van der Waals surface area contributed by atoms with Gasteiger partial charge in [0, 0.05) is 21.7 Å². The molecule has 6 nitrogen and oxygen atoms in total. The predicted octanol–water partition coefficient (Wildman–Crippen LogP) is 7.84. The Morgan fingerprint density at radius 1 is 0.548 bits per heavy atom. The molecule has 0 saturated carbocycles. The molecule has 0 N–H and O–H groups in total. The fourth-order valence-corrected chi connectivity index (χ4v) is 9.42. The molecular formula is C30H30N2O4P2S4. The maximum Gasteiger partial charge on any atom is 0.226 e. The van der Waals surface area contributed by atoms with Gasteiger partial charge in [-0.2, -0.15) is 0 Å². The van der Waals surface area contributed by atoms with E-state index in [1.54, 1.807) is 14.2 Å². The van der Waals surface area contributed by atoms with E-state index in [0.29, 0.717) is 11.4 Å². The van der Waals surface area contributed by atoms with Crippen molar-refractivity contribution in [2.75, 3.05) is 26.7 Å². The van der Waals surface area contributed by atoms with Crippen LogP contribution in [-0.4, -0.2) is 38.2 Å². The number of hydrogen-bond donors (Lipinski definition) is 0. The average molecular weight is 673 g/mol. The van der Waals surface area contributed by atoms with Crippen molar-refractivity contribution in [3.8, 4) is 11.5 Å². The maximum absolute atomic E-state index is 6.29. The molecule has 0 amide bonds. The van der Waals surface area contributed by atoms with Crippen LogP contribution in [0, 0.1) is 0 Å². The highest BCUT2D eigenvalue weighted by Crippen LogP contribution is 2.59. The number of nitrogens with zero attached hydrogens (tertiary/aromatic N) is 2. The van der Waals surface area contributed by atoms with Crippen molar-refractivity contribution < 1.29 is 18.7 Å². The number of benzene rings is 4. The van der Waals surface area contributed by atoms with Gasteiger partial charge in [0.2, 0.25) is 10.9 Å². The summed E-state index contributed by atoms with van der Waals surface area (Å²) in [7, 11) is 3.26. The molecule has 0 aliphatic carbocycles. The summed E-state index contributed by atoms with van der Waals surface area (Å²) < 4.78 is 23.2. The Hall–Kier alpha value is -2.58. The van der Waals surface area contributed by atoms with Crippen molar-refractivity contribution >= 4 is 79.3 Å². The second kappa shape index (κ2) is 15.2. The van der Waals surface area contributed by atoms with Crippen LogP contribution < -0.4 is 20.1 Å². The molecule has 0 aromatic heterocycles. The average Bonchev–Trinajstić information content (AvgIpc) is 3.06. The van der Waals surface area contributed by atoms with Gasteiger partial charge in [-0.25, -0.2) is 0 Å². The van der Waals surface area contributed by atoms with Crippen molar-refractivity contribution in [3.05, 3.63) is 120 Å². The largest absolute Gasteiger partial charge is 0.497 e. The van der Waals surface area contributed by atoms with E-state index in [-0.39, 0.29) is 0 Å². The van der Waals surface area contributed by atoms with E-state index in [9.17, 15) is 0 Å². The van der Waals surface area contributed by atoms with Crippen molar-refractivity contribution in [2.24, 2.45) is 10.3 Å². The lowest BCUT2D eigenvalue weighted by atomic mass is 10.0. The lowest BCUT2D eigenvalue weighted by Crippen LogP contribution is -2.19. The van der Waals surface area contributed by atoms with Crippen molar-refractivity contribution in [1.29, 1.82) is 0 Å². The third kappa shape index (κ3) is 7.87. The van der Waals surface area contributed by atoms with Crippen LogP contribution in [0.3, 0.4) is 0 Å². The summed E-state index contributed by atoms with van der Waals surface area (Å²) in [6, 6.07) is 34.6. The summed E-state index contributed by atoms with van der Waals surface area (Å²) >= 11 is 15.0. The van der Waals surface area contributed by atoms with Crippen molar-refractivity contribution in [3.63, 3.8) is 0 Å². The molecule has 2 atom stereocenters. The molecular weight excluding hydrogens is 643 g/mol. The van der Waals surface area contributed by atoms with Crippen LogP contribution in [0.2, 0.25) is 0 Å². The second-order valence-electron chi connectivity index (χ2n) is 8.53. The smallest absolute Gasteiger partial charge is 0.226 e. The van der Waals surface area contributed by atoms with Crippen LogP contribution in [0.15, 0.2) is 120 Å². The van der Waals surface area contributed by atoms with E-state index in [4.69, 9.17) is 52.6 Å². The third-order valence-electron chi connectivity index (χ3n) is 6.06. The number of oxime groups is 2. The zero-order valence-electron chi connectivity index (χ0n) is 23.4. The van der Waals surface area contributed by atoms with E-state index in [0.717, 1.165) is 33.2 Å². The quantitative estimate of drug-likeness (QED) is 0.0809. The van der Waals surface area contributed by atoms with E-state index >= 15 is 0 Å². The molecule has 42 heavy (non-hydrogen) atoms. The van der Waals surface area contributed by atoms with Gasteiger partial charge in [-0.05, 0) is 84.7 Å². The molecule has 0 radical (unpaired) electrons. The Morgan fingerprint density at radius 2 is 0.881 bits per heavy atom. The summed E-state index contributed by atoms with van der Waals surface area (Å²) in [5.41, 5.74) is -2.69. The van der Waals surface area contributed by atoms with E-state index in [2.05, 4.69) is 0 Å². The van der Waals surface area contributed by atoms with E-state index in [1.165, 1.54) is 22.8 Å². The molecule has 4 rings (SSSR count). The zero-order chi connectivity index (χ0) is 30.0. The van der Waals surface area contributed by atoms with Gasteiger partial charge in [0.05, 0.1) is 14.2 Å². The Balaban J connectivity index is 1.82. The Bertz CT molecular complexity index is 1500. The molecule has 218 valence electrons. The molecule has 0 spiro atoms. The molecule has 0 saturated heterocycles. The summed E-state index contributed by atoms with van der Waals surface area (Å²) in [5.74, 6) is 1.49. The molecule has 4 aromatic rings. The van der Waals surface area contributed by atoms with Crippen LogP contribution in [0.4, 0.5) is 0 Å². The lowest BCUT2D eigenvalue weighted by molar-refractivity contribution is 0.388. The summed E-state index contributed by atoms with van der Waals surface area (Å²) in [5, 5.41) is 11.2. The standard InChI is InChI=1S/C30H30N2O4P2S4/c1-33-25-15-19-27(20-16-25)37(39,41-3)35-31-29(23-11-7-5-8-12-23)30(24-13-9-6-10-14-24)32-36-38(40,42-4)28-21-17-26(34-2)18-22-28/h5-22H,1-4H3/b31-29-,32-30+. The highest BCUT2D eigenvalue weighted by molar-refractivity contribution is 8.71. The number of methoxy groups -OCH3 is 2. The topological polar surface area (TPSA) is 61.6 Å². The van der Waals surface area contributed by atoms with Gasteiger partial charge < -0.3 is 18.7 Å². The molecule has 0 aliphatic heterocycles. The highest BCUT2D eigenvalue weighted by Gasteiger charge is 2.26. The molecule has 2 unspecified atom stereocenters. The Labute approximate surface area is 265 Å². The fraction of sp³-hybridized carbons (Fsp3) is 0.133.